The van der Waals surface area contributed by atoms with Gasteiger partial charge < -0.3 is 19.3 Å². The number of carboxylic acid groups (broad SMARTS) is 1. The van der Waals surface area contributed by atoms with Crippen LogP contribution in [0.5, 0.6) is 0 Å². The Balaban J connectivity index is 0.000000366. The SMILES string of the molecule is C1CCOC1.C=C(C)C(=O)O.C=C(C)C(=O)OC1CCOC1=O. The van der Waals surface area contributed by atoms with E-state index in [-0.39, 0.29) is 11.1 Å². The Morgan fingerprint density at radius 3 is 1.91 bits per heavy atom. The summed E-state index contributed by atoms with van der Waals surface area (Å²) < 4.78 is 14.3. The van der Waals surface area contributed by atoms with Crippen LogP contribution in [-0.2, 0) is 28.6 Å². The van der Waals surface area contributed by atoms with Crippen LogP contribution in [0.1, 0.15) is 33.1 Å². The predicted molar refractivity (Wildman–Crippen MR) is 82.8 cm³/mol. The lowest BCUT2D eigenvalue weighted by Crippen LogP contribution is -2.22. The molecular weight excluding hydrogens is 304 g/mol. The third-order valence-electron chi connectivity index (χ3n) is 2.68. The van der Waals surface area contributed by atoms with Crippen LogP contribution in [-0.4, -0.2) is 48.9 Å². The Hall–Kier alpha value is -2.15. The first-order chi connectivity index (χ1) is 10.8. The smallest absolute Gasteiger partial charge is 0.347 e. The van der Waals surface area contributed by atoms with Crippen LogP contribution in [0, 0.1) is 0 Å². The molecule has 0 amide bonds. The summed E-state index contributed by atoms with van der Waals surface area (Å²) in [5, 5.41) is 7.89. The summed E-state index contributed by atoms with van der Waals surface area (Å²) in [5.74, 6) is -1.95. The van der Waals surface area contributed by atoms with Crippen molar-refractivity contribution in [3.8, 4) is 0 Å². The van der Waals surface area contributed by atoms with Crippen LogP contribution in [0.2, 0.25) is 0 Å². The molecule has 2 saturated heterocycles. The second-order valence-corrected chi connectivity index (χ2v) is 5.04. The number of carboxylic acids is 1. The lowest BCUT2D eigenvalue weighted by Gasteiger charge is -2.06. The molecule has 2 aliphatic rings. The van der Waals surface area contributed by atoms with Crippen molar-refractivity contribution in [3.63, 3.8) is 0 Å². The minimum Gasteiger partial charge on any atom is -0.478 e. The van der Waals surface area contributed by atoms with Crippen molar-refractivity contribution < 1.29 is 33.7 Å². The van der Waals surface area contributed by atoms with Gasteiger partial charge in [-0.25, -0.2) is 14.4 Å². The molecule has 2 fully saturated rings. The Labute approximate surface area is 135 Å². The first-order valence-electron chi connectivity index (χ1n) is 7.25. The van der Waals surface area contributed by atoms with Gasteiger partial charge in [0.15, 0.2) is 0 Å². The van der Waals surface area contributed by atoms with E-state index in [0.29, 0.717) is 13.0 Å². The van der Waals surface area contributed by atoms with E-state index >= 15 is 0 Å². The summed E-state index contributed by atoms with van der Waals surface area (Å²) in [4.78, 5) is 31.3. The second-order valence-electron chi connectivity index (χ2n) is 5.04. The van der Waals surface area contributed by atoms with Crippen LogP contribution in [0.4, 0.5) is 0 Å². The van der Waals surface area contributed by atoms with E-state index in [1.165, 1.54) is 26.7 Å². The highest BCUT2D eigenvalue weighted by Gasteiger charge is 2.30. The molecule has 2 aliphatic heterocycles. The maximum atomic E-state index is 10.9. The Morgan fingerprint density at radius 2 is 1.65 bits per heavy atom. The number of cyclic esters (lactones) is 1. The van der Waals surface area contributed by atoms with E-state index in [2.05, 4.69) is 17.9 Å². The quantitative estimate of drug-likeness (QED) is 0.623. The molecule has 0 aromatic heterocycles. The molecule has 7 heteroatoms. The predicted octanol–water partition coefficient (Wildman–Crippen LogP) is 1.87. The van der Waals surface area contributed by atoms with Gasteiger partial charge in [-0.2, -0.15) is 0 Å². The first kappa shape index (κ1) is 20.9. The molecule has 1 N–H and O–H groups in total. The summed E-state index contributed by atoms with van der Waals surface area (Å²) >= 11 is 0. The fourth-order valence-electron chi connectivity index (χ4n) is 1.32. The average molecular weight is 328 g/mol. The molecule has 130 valence electrons. The summed E-state index contributed by atoms with van der Waals surface area (Å²) in [6.45, 7) is 11.9. The van der Waals surface area contributed by atoms with Crippen LogP contribution >= 0.6 is 0 Å². The minimum atomic E-state index is -0.935. The van der Waals surface area contributed by atoms with Gasteiger partial charge in [0.1, 0.15) is 0 Å². The van der Waals surface area contributed by atoms with Crippen LogP contribution in [0.15, 0.2) is 24.3 Å². The number of ether oxygens (including phenoxy) is 3. The van der Waals surface area contributed by atoms with Gasteiger partial charge in [0.05, 0.1) is 6.61 Å². The van der Waals surface area contributed by atoms with Crippen molar-refractivity contribution in [1.29, 1.82) is 0 Å². The molecule has 0 aromatic rings. The van der Waals surface area contributed by atoms with Crippen molar-refractivity contribution in [2.45, 2.75) is 39.2 Å². The van der Waals surface area contributed by atoms with Gasteiger partial charge in [-0.3, -0.25) is 0 Å². The number of aliphatic carboxylic acids is 1. The lowest BCUT2D eigenvalue weighted by atomic mass is 10.3. The maximum absolute atomic E-state index is 10.9. The Bertz CT molecular complexity index is 430. The van der Waals surface area contributed by atoms with E-state index < -0.39 is 24.0 Å². The molecule has 1 atom stereocenters. The minimum absolute atomic E-state index is 0.176. The molecule has 0 bridgehead atoms. The monoisotopic (exact) mass is 328 g/mol. The van der Waals surface area contributed by atoms with Crippen molar-refractivity contribution in [3.05, 3.63) is 24.3 Å². The molecule has 2 rings (SSSR count). The zero-order valence-corrected chi connectivity index (χ0v) is 13.6. The number of carbonyl (C=O) groups is 3. The standard InChI is InChI=1S/C8H10O4.C4H6O2.C4H8O/c1-5(2)7(9)12-6-3-4-11-8(6)10;1-3(2)4(5)6;1-2-4-5-3-1/h6H,1,3-4H2,2H3;1H2,2H3,(H,5,6);1-4H2. The molecule has 7 nitrogen and oxygen atoms in total. The van der Waals surface area contributed by atoms with E-state index in [9.17, 15) is 14.4 Å². The van der Waals surface area contributed by atoms with Crippen molar-refractivity contribution in [2.75, 3.05) is 19.8 Å². The Kier molecular flexibility index (Phi) is 10.4. The molecule has 23 heavy (non-hydrogen) atoms. The topological polar surface area (TPSA) is 99.1 Å². The van der Waals surface area contributed by atoms with Gasteiger partial charge in [0, 0.05) is 30.8 Å². The second kappa shape index (κ2) is 11.4. The molecular formula is C16H24O7. The maximum Gasteiger partial charge on any atom is 0.347 e. The summed E-state index contributed by atoms with van der Waals surface area (Å²) in [5.41, 5.74) is 0.463. The molecule has 2 heterocycles. The van der Waals surface area contributed by atoms with E-state index in [1.807, 2.05) is 0 Å². The van der Waals surface area contributed by atoms with Gasteiger partial charge in [0.25, 0.3) is 0 Å². The van der Waals surface area contributed by atoms with Gasteiger partial charge in [-0.1, -0.05) is 13.2 Å². The molecule has 0 aliphatic carbocycles. The van der Waals surface area contributed by atoms with E-state index in [1.54, 1.807) is 0 Å². The molecule has 0 radical (unpaired) electrons. The molecule has 0 saturated carbocycles. The zero-order valence-electron chi connectivity index (χ0n) is 13.6. The van der Waals surface area contributed by atoms with Gasteiger partial charge in [0.2, 0.25) is 6.10 Å². The molecule has 0 aromatic carbocycles. The van der Waals surface area contributed by atoms with Crippen LogP contribution < -0.4 is 0 Å². The van der Waals surface area contributed by atoms with E-state index in [4.69, 9.17) is 14.6 Å². The number of hydrogen-bond donors (Lipinski definition) is 1. The summed E-state index contributed by atoms with van der Waals surface area (Å²) in [7, 11) is 0. The highest BCUT2D eigenvalue weighted by atomic mass is 16.6. The van der Waals surface area contributed by atoms with Crippen LogP contribution in [0.25, 0.3) is 0 Å². The highest BCUT2D eigenvalue weighted by molar-refractivity contribution is 5.89. The highest BCUT2D eigenvalue weighted by Crippen LogP contribution is 2.11. The lowest BCUT2D eigenvalue weighted by molar-refractivity contribution is -0.157. The fourth-order valence-corrected chi connectivity index (χ4v) is 1.32. The third-order valence-corrected chi connectivity index (χ3v) is 2.68. The number of rotatable bonds is 3. The first-order valence-corrected chi connectivity index (χ1v) is 7.25. The van der Waals surface area contributed by atoms with Crippen LogP contribution in [0.3, 0.4) is 0 Å². The largest absolute Gasteiger partial charge is 0.478 e. The van der Waals surface area contributed by atoms with Gasteiger partial charge in [-0.15, -0.1) is 0 Å². The third kappa shape index (κ3) is 10.2. The normalized spacial score (nSPS) is 18.5. The number of hydrogen-bond acceptors (Lipinski definition) is 6. The summed E-state index contributed by atoms with van der Waals surface area (Å²) in [6.07, 6.45) is 2.27. The van der Waals surface area contributed by atoms with Gasteiger partial charge in [-0.05, 0) is 26.7 Å². The average Bonchev–Trinajstić information content (AvgIpc) is 3.15. The van der Waals surface area contributed by atoms with Gasteiger partial charge >= 0.3 is 17.9 Å². The molecule has 0 spiro atoms. The van der Waals surface area contributed by atoms with Crippen molar-refractivity contribution in [1.82, 2.24) is 0 Å². The summed E-state index contributed by atoms with van der Waals surface area (Å²) in [6, 6.07) is 0. The van der Waals surface area contributed by atoms with E-state index in [0.717, 1.165) is 13.2 Å². The molecule has 1 unspecified atom stereocenters. The van der Waals surface area contributed by atoms with Crippen molar-refractivity contribution in [2.24, 2.45) is 0 Å². The fraction of sp³-hybridized carbons (Fsp3) is 0.562. The Morgan fingerprint density at radius 1 is 1.13 bits per heavy atom. The zero-order chi connectivity index (χ0) is 17.8. The number of esters is 2. The van der Waals surface area contributed by atoms with Crippen molar-refractivity contribution >= 4 is 17.9 Å². The number of carbonyl (C=O) groups excluding carboxylic acids is 2.